The summed E-state index contributed by atoms with van der Waals surface area (Å²) in [7, 11) is 0. The summed E-state index contributed by atoms with van der Waals surface area (Å²) in [5.41, 5.74) is 0. The summed E-state index contributed by atoms with van der Waals surface area (Å²) in [6, 6.07) is -1.04. The fourth-order valence-electron chi connectivity index (χ4n) is 4.26. The van der Waals surface area contributed by atoms with Gasteiger partial charge in [-0.2, -0.15) is 0 Å². The van der Waals surface area contributed by atoms with Gasteiger partial charge in [0.2, 0.25) is 11.8 Å². The van der Waals surface area contributed by atoms with Gasteiger partial charge in [0, 0.05) is 32.4 Å². The number of carboxylic acids is 1. The van der Waals surface area contributed by atoms with E-state index in [1.807, 2.05) is 6.92 Å². The number of carboxylic acid groups (broad SMARTS) is 1. The van der Waals surface area contributed by atoms with E-state index in [0.29, 0.717) is 45.6 Å². The Morgan fingerprint density at radius 3 is 1.77 bits per heavy atom. The molecule has 2 amide bonds. The van der Waals surface area contributed by atoms with Crippen molar-refractivity contribution in [2.75, 3.05) is 33.0 Å². The topological polar surface area (TPSA) is 131 Å². The van der Waals surface area contributed by atoms with Gasteiger partial charge in [-0.05, 0) is 26.2 Å². The van der Waals surface area contributed by atoms with Crippen molar-refractivity contribution in [3.8, 4) is 0 Å². The molecule has 0 aromatic rings. The lowest BCUT2D eigenvalue weighted by atomic mass is 10.0. The van der Waals surface area contributed by atoms with Crippen molar-refractivity contribution in [2.45, 2.75) is 135 Å². The van der Waals surface area contributed by atoms with Crippen LogP contribution in [0.3, 0.4) is 0 Å². The average Bonchev–Trinajstić information content (AvgIpc) is 2.90. The van der Waals surface area contributed by atoms with E-state index in [-0.39, 0.29) is 37.0 Å². The number of hydrogen-bond donors (Lipinski definition) is 3. The van der Waals surface area contributed by atoms with Gasteiger partial charge in [-0.25, -0.2) is 4.79 Å². The standard InChI is InChI=1S/C30H56N2O7/c1-3-5-6-7-8-9-10-11-12-13-14-15-16-19-28(34)32-27(30(36)37)21-20-26(33)18-17-22-38-23-24-39-25-29(35)31-4-2/h27H,3-25H2,1-2H3,(H,31,35)(H,32,34)(H,36,37)/t27-/m0/s1. The smallest absolute Gasteiger partial charge is 0.326 e. The van der Waals surface area contributed by atoms with E-state index in [1.165, 1.54) is 64.2 Å². The predicted molar refractivity (Wildman–Crippen MR) is 154 cm³/mol. The van der Waals surface area contributed by atoms with Crippen molar-refractivity contribution in [3.63, 3.8) is 0 Å². The van der Waals surface area contributed by atoms with E-state index in [2.05, 4.69) is 17.6 Å². The fourth-order valence-corrected chi connectivity index (χ4v) is 4.26. The predicted octanol–water partition coefficient (Wildman–Crippen LogP) is 5.34. The molecule has 0 rings (SSSR count). The maximum atomic E-state index is 12.2. The van der Waals surface area contributed by atoms with Crippen LogP contribution < -0.4 is 10.6 Å². The number of ether oxygens (including phenoxy) is 2. The number of hydrogen-bond acceptors (Lipinski definition) is 6. The highest BCUT2D eigenvalue weighted by Gasteiger charge is 2.20. The van der Waals surface area contributed by atoms with Crippen LogP contribution >= 0.6 is 0 Å². The van der Waals surface area contributed by atoms with Gasteiger partial charge in [-0.3, -0.25) is 14.4 Å². The number of aliphatic carboxylic acids is 1. The summed E-state index contributed by atoms with van der Waals surface area (Å²) >= 11 is 0. The zero-order valence-corrected chi connectivity index (χ0v) is 24.7. The molecular weight excluding hydrogens is 500 g/mol. The summed E-state index contributed by atoms with van der Waals surface area (Å²) < 4.78 is 10.6. The van der Waals surface area contributed by atoms with E-state index in [4.69, 9.17) is 9.47 Å². The molecule has 0 aromatic carbocycles. The van der Waals surface area contributed by atoms with Crippen LogP contribution in [0.2, 0.25) is 0 Å². The molecule has 3 N–H and O–H groups in total. The van der Waals surface area contributed by atoms with E-state index < -0.39 is 12.0 Å². The van der Waals surface area contributed by atoms with Crippen LogP contribution in [0.25, 0.3) is 0 Å². The highest BCUT2D eigenvalue weighted by Crippen LogP contribution is 2.13. The normalized spacial score (nSPS) is 11.7. The number of rotatable bonds is 29. The highest BCUT2D eigenvalue weighted by atomic mass is 16.5. The Morgan fingerprint density at radius 2 is 1.21 bits per heavy atom. The Kier molecular flexibility index (Phi) is 26.1. The summed E-state index contributed by atoms with van der Waals surface area (Å²) in [6.45, 7) is 5.65. The number of Topliss-reactive ketones (excluding diaryl/α,β-unsaturated/α-hetero) is 1. The maximum Gasteiger partial charge on any atom is 0.326 e. The molecule has 39 heavy (non-hydrogen) atoms. The van der Waals surface area contributed by atoms with E-state index >= 15 is 0 Å². The molecule has 0 aliphatic heterocycles. The molecule has 0 spiro atoms. The molecule has 0 aliphatic rings. The molecule has 9 heteroatoms. The first-order chi connectivity index (χ1) is 18.9. The summed E-state index contributed by atoms with van der Waals surface area (Å²) in [5, 5.41) is 14.6. The number of amides is 2. The summed E-state index contributed by atoms with van der Waals surface area (Å²) in [4.78, 5) is 47.0. The molecule has 0 fully saturated rings. The van der Waals surface area contributed by atoms with Gasteiger partial charge < -0.3 is 25.2 Å². The second kappa shape index (κ2) is 27.6. The lowest BCUT2D eigenvalue weighted by molar-refractivity contribution is -0.142. The molecule has 9 nitrogen and oxygen atoms in total. The van der Waals surface area contributed by atoms with Crippen molar-refractivity contribution >= 4 is 23.6 Å². The van der Waals surface area contributed by atoms with Gasteiger partial charge in [0.1, 0.15) is 18.4 Å². The molecule has 0 unspecified atom stereocenters. The van der Waals surface area contributed by atoms with Gasteiger partial charge in [0.25, 0.3) is 0 Å². The molecule has 0 saturated heterocycles. The van der Waals surface area contributed by atoms with E-state index in [1.54, 1.807) is 0 Å². The third-order valence-electron chi connectivity index (χ3n) is 6.58. The van der Waals surface area contributed by atoms with Crippen LogP contribution in [0.15, 0.2) is 0 Å². The fraction of sp³-hybridized carbons (Fsp3) is 0.867. The average molecular weight is 557 g/mol. The first kappa shape index (κ1) is 37.0. The molecule has 0 bridgehead atoms. The Bertz CT molecular complexity index is 643. The van der Waals surface area contributed by atoms with Crippen molar-refractivity contribution < 1.29 is 33.8 Å². The first-order valence-electron chi connectivity index (χ1n) is 15.4. The van der Waals surface area contributed by atoms with Crippen LogP contribution in [-0.4, -0.2) is 67.7 Å². The number of likely N-dealkylation sites (N-methyl/N-ethyl adjacent to an activating group) is 1. The number of carbonyl (C=O) groups excluding carboxylic acids is 3. The minimum absolute atomic E-state index is 0.00360. The molecule has 0 heterocycles. The number of carbonyl (C=O) groups is 4. The van der Waals surface area contributed by atoms with Gasteiger partial charge in [0.05, 0.1) is 13.2 Å². The Labute approximate surface area is 236 Å². The zero-order chi connectivity index (χ0) is 29.0. The van der Waals surface area contributed by atoms with Gasteiger partial charge in [-0.15, -0.1) is 0 Å². The minimum Gasteiger partial charge on any atom is -0.480 e. The second-order valence-electron chi connectivity index (χ2n) is 10.3. The SMILES string of the molecule is CCCCCCCCCCCCCCCC(=O)N[C@@H](CCC(=O)CCCOCCOCC(=O)NCC)C(=O)O. The number of nitrogens with one attached hydrogen (secondary N) is 2. The lowest BCUT2D eigenvalue weighted by Gasteiger charge is -2.14. The van der Waals surface area contributed by atoms with Crippen molar-refractivity contribution in [1.29, 1.82) is 0 Å². The highest BCUT2D eigenvalue weighted by molar-refractivity contribution is 5.84. The van der Waals surface area contributed by atoms with E-state index in [0.717, 1.165) is 19.3 Å². The van der Waals surface area contributed by atoms with Crippen molar-refractivity contribution in [2.24, 2.45) is 0 Å². The Hall–Kier alpha value is -2.00. The van der Waals surface area contributed by atoms with Crippen LogP contribution in [0, 0.1) is 0 Å². The molecule has 0 aromatic heterocycles. The third-order valence-corrected chi connectivity index (χ3v) is 6.58. The molecule has 0 saturated carbocycles. The largest absolute Gasteiger partial charge is 0.480 e. The molecule has 228 valence electrons. The second-order valence-corrected chi connectivity index (χ2v) is 10.3. The maximum absolute atomic E-state index is 12.2. The quantitative estimate of drug-likeness (QED) is 0.106. The van der Waals surface area contributed by atoms with Gasteiger partial charge in [-0.1, -0.05) is 84.0 Å². The van der Waals surface area contributed by atoms with Crippen LogP contribution in [0.4, 0.5) is 0 Å². The van der Waals surface area contributed by atoms with Crippen LogP contribution in [0.5, 0.6) is 0 Å². The minimum atomic E-state index is -1.11. The summed E-state index contributed by atoms with van der Waals surface area (Å²) in [6.07, 6.45) is 17.3. The van der Waals surface area contributed by atoms with E-state index in [9.17, 15) is 24.3 Å². The molecule has 0 radical (unpaired) electrons. The van der Waals surface area contributed by atoms with Gasteiger partial charge in [0.15, 0.2) is 0 Å². The number of unbranched alkanes of at least 4 members (excludes halogenated alkanes) is 12. The molecule has 1 atom stereocenters. The monoisotopic (exact) mass is 556 g/mol. The van der Waals surface area contributed by atoms with Crippen molar-refractivity contribution in [1.82, 2.24) is 10.6 Å². The van der Waals surface area contributed by atoms with Crippen molar-refractivity contribution in [3.05, 3.63) is 0 Å². The van der Waals surface area contributed by atoms with Gasteiger partial charge >= 0.3 is 5.97 Å². The van der Waals surface area contributed by atoms with Crippen LogP contribution in [0.1, 0.15) is 129 Å². The van der Waals surface area contributed by atoms with Crippen LogP contribution in [-0.2, 0) is 28.7 Å². The third kappa shape index (κ3) is 26.0. The Morgan fingerprint density at radius 1 is 0.641 bits per heavy atom. The molecule has 0 aliphatic carbocycles. The zero-order valence-electron chi connectivity index (χ0n) is 24.7. The number of ketones is 1. The lowest BCUT2D eigenvalue weighted by Crippen LogP contribution is -2.41. The molecular formula is C30H56N2O7. The summed E-state index contributed by atoms with van der Waals surface area (Å²) in [5.74, 6) is -1.60. The Balaban J connectivity index is 3.73. The first-order valence-corrected chi connectivity index (χ1v) is 15.4.